The van der Waals surface area contributed by atoms with Gasteiger partial charge in [-0.25, -0.2) is 4.79 Å². The molecule has 0 spiro atoms. The summed E-state index contributed by atoms with van der Waals surface area (Å²) >= 11 is 0. The predicted molar refractivity (Wildman–Crippen MR) is 38.9 cm³/mol. The lowest BCUT2D eigenvalue weighted by Crippen LogP contribution is -2.01. The zero-order chi connectivity index (χ0) is 7.28. The van der Waals surface area contributed by atoms with Crippen LogP contribution < -0.4 is 0 Å². The molecular formula is C8H14O. The van der Waals surface area contributed by atoms with Gasteiger partial charge in [-0.3, -0.25) is 0 Å². The number of hydrogen-bond donors (Lipinski definition) is 0. The van der Waals surface area contributed by atoms with Crippen LogP contribution >= 0.6 is 0 Å². The van der Waals surface area contributed by atoms with Crippen LogP contribution in [-0.4, -0.2) is 5.94 Å². The molecule has 0 bridgehead atoms. The SMILES string of the molecule is CC(C)C(C)CC=C=O. The van der Waals surface area contributed by atoms with Crippen LogP contribution in [0.1, 0.15) is 27.2 Å². The summed E-state index contributed by atoms with van der Waals surface area (Å²) in [4.78, 5) is 9.75. The Morgan fingerprint density at radius 1 is 1.44 bits per heavy atom. The van der Waals surface area contributed by atoms with Gasteiger partial charge in [-0.15, -0.1) is 0 Å². The van der Waals surface area contributed by atoms with Crippen LogP contribution in [0, 0.1) is 11.8 Å². The van der Waals surface area contributed by atoms with Crippen LogP contribution in [0.5, 0.6) is 0 Å². The molecule has 0 aliphatic rings. The molecule has 1 atom stereocenters. The third-order valence-corrected chi connectivity index (χ3v) is 1.71. The van der Waals surface area contributed by atoms with Gasteiger partial charge in [0, 0.05) is 6.08 Å². The second-order valence-electron chi connectivity index (χ2n) is 2.78. The first kappa shape index (κ1) is 8.45. The van der Waals surface area contributed by atoms with E-state index in [9.17, 15) is 4.79 Å². The van der Waals surface area contributed by atoms with E-state index in [0.717, 1.165) is 6.42 Å². The standard InChI is InChI=1S/C8H14O/c1-7(2)8(3)5-4-6-9/h4,7-8H,5H2,1-3H3. The first-order valence-corrected chi connectivity index (χ1v) is 3.37. The van der Waals surface area contributed by atoms with Gasteiger partial charge in [0.1, 0.15) is 5.94 Å². The molecule has 0 amide bonds. The first-order chi connectivity index (χ1) is 4.18. The molecular weight excluding hydrogens is 112 g/mol. The number of hydrogen-bond acceptors (Lipinski definition) is 1. The Hall–Kier alpha value is -0.550. The number of carbonyl (C=O) groups excluding carboxylic acids is 1. The minimum absolute atomic E-state index is 0.603. The van der Waals surface area contributed by atoms with E-state index in [-0.39, 0.29) is 0 Å². The van der Waals surface area contributed by atoms with Crippen LogP contribution in [0.2, 0.25) is 0 Å². The lowest BCUT2D eigenvalue weighted by molar-refractivity contribution is 0.424. The van der Waals surface area contributed by atoms with Gasteiger partial charge in [-0.2, -0.15) is 0 Å². The molecule has 9 heavy (non-hydrogen) atoms. The van der Waals surface area contributed by atoms with Crippen molar-refractivity contribution in [2.75, 3.05) is 0 Å². The molecule has 0 aliphatic carbocycles. The second-order valence-corrected chi connectivity index (χ2v) is 2.78. The van der Waals surface area contributed by atoms with Gasteiger partial charge in [0.25, 0.3) is 0 Å². The quantitative estimate of drug-likeness (QED) is 0.529. The molecule has 0 aromatic heterocycles. The maximum absolute atomic E-state index is 9.75. The molecule has 0 aromatic rings. The van der Waals surface area contributed by atoms with Gasteiger partial charge in [0.15, 0.2) is 0 Å². The van der Waals surface area contributed by atoms with E-state index >= 15 is 0 Å². The van der Waals surface area contributed by atoms with Crippen LogP contribution in [0.15, 0.2) is 6.08 Å². The Kier molecular flexibility index (Phi) is 4.08. The van der Waals surface area contributed by atoms with Crippen LogP contribution in [0.4, 0.5) is 0 Å². The second kappa shape index (κ2) is 4.34. The Balaban J connectivity index is 3.49. The normalized spacial score (nSPS) is 12.9. The summed E-state index contributed by atoms with van der Waals surface area (Å²) in [6, 6.07) is 0. The highest BCUT2D eigenvalue weighted by atomic mass is 16.1. The van der Waals surface area contributed by atoms with E-state index in [4.69, 9.17) is 0 Å². The molecule has 1 nitrogen and oxygen atoms in total. The van der Waals surface area contributed by atoms with Gasteiger partial charge in [0.2, 0.25) is 0 Å². The van der Waals surface area contributed by atoms with Gasteiger partial charge >= 0.3 is 0 Å². The monoisotopic (exact) mass is 126 g/mol. The van der Waals surface area contributed by atoms with Crippen molar-refractivity contribution in [3.05, 3.63) is 6.08 Å². The van der Waals surface area contributed by atoms with Crippen molar-refractivity contribution in [2.24, 2.45) is 11.8 Å². The molecule has 0 aromatic carbocycles. The van der Waals surface area contributed by atoms with Crippen molar-refractivity contribution in [3.63, 3.8) is 0 Å². The highest BCUT2D eigenvalue weighted by Gasteiger charge is 2.03. The molecule has 1 heteroatoms. The van der Waals surface area contributed by atoms with Crippen molar-refractivity contribution in [1.29, 1.82) is 0 Å². The van der Waals surface area contributed by atoms with E-state index in [1.165, 1.54) is 0 Å². The van der Waals surface area contributed by atoms with Gasteiger partial charge < -0.3 is 0 Å². The van der Waals surface area contributed by atoms with E-state index in [1.807, 2.05) is 0 Å². The largest absolute Gasteiger partial charge is 0.234 e. The molecule has 0 aliphatic heterocycles. The predicted octanol–water partition coefficient (Wildman–Crippen LogP) is 2.06. The summed E-state index contributed by atoms with van der Waals surface area (Å²) in [6.45, 7) is 6.45. The minimum Gasteiger partial charge on any atom is -0.234 e. The minimum atomic E-state index is 0.603. The lowest BCUT2D eigenvalue weighted by atomic mass is 9.95. The first-order valence-electron chi connectivity index (χ1n) is 3.37. The maximum Gasteiger partial charge on any atom is 0.120 e. The van der Waals surface area contributed by atoms with Crippen LogP contribution in [-0.2, 0) is 4.79 Å². The van der Waals surface area contributed by atoms with Gasteiger partial charge in [-0.05, 0) is 18.3 Å². The summed E-state index contributed by atoms with van der Waals surface area (Å²) < 4.78 is 0. The van der Waals surface area contributed by atoms with E-state index in [0.29, 0.717) is 11.8 Å². The summed E-state index contributed by atoms with van der Waals surface area (Å²) in [6.07, 6.45) is 2.42. The highest BCUT2D eigenvalue weighted by molar-refractivity contribution is 5.44. The van der Waals surface area contributed by atoms with Crippen LogP contribution in [0.3, 0.4) is 0 Å². The Morgan fingerprint density at radius 3 is 2.33 bits per heavy atom. The molecule has 1 unspecified atom stereocenters. The van der Waals surface area contributed by atoms with Gasteiger partial charge in [-0.1, -0.05) is 20.8 Å². The maximum atomic E-state index is 9.75. The fraction of sp³-hybridized carbons (Fsp3) is 0.750. The fourth-order valence-electron chi connectivity index (χ4n) is 0.506. The smallest absolute Gasteiger partial charge is 0.120 e. The Bertz CT molecular complexity index is 110. The van der Waals surface area contributed by atoms with Gasteiger partial charge in [0.05, 0.1) is 0 Å². The summed E-state index contributed by atoms with van der Waals surface area (Å²) in [5, 5.41) is 0. The van der Waals surface area contributed by atoms with Crippen molar-refractivity contribution < 1.29 is 4.79 Å². The van der Waals surface area contributed by atoms with Crippen molar-refractivity contribution in [3.8, 4) is 0 Å². The summed E-state index contributed by atoms with van der Waals surface area (Å²) in [5.41, 5.74) is 0. The van der Waals surface area contributed by atoms with E-state index < -0.39 is 0 Å². The average molecular weight is 126 g/mol. The van der Waals surface area contributed by atoms with Crippen molar-refractivity contribution in [2.45, 2.75) is 27.2 Å². The third-order valence-electron chi connectivity index (χ3n) is 1.71. The molecule has 0 saturated carbocycles. The summed E-state index contributed by atoms with van der Waals surface area (Å²) in [5.74, 6) is 3.04. The lowest BCUT2D eigenvalue weighted by Gasteiger charge is -2.10. The number of allylic oxidation sites excluding steroid dienone is 1. The Labute approximate surface area is 56.8 Å². The van der Waals surface area contributed by atoms with E-state index in [2.05, 4.69) is 20.8 Å². The zero-order valence-corrected chi connectivity index (χ0v) is 6.35. The van der Waals surface area contributed by atoms with Crippen LogP contribution in [0.25, 0.3) is 0 Å². The zero-order valence-electron chi connectivity index (χ0n) is 6.35. The van der Waals surface area contributed by atoms with E-state index in [1.54, 1.807) is 12.0 Å². The van der Waals surface area contributed by atoms with Crippen molar-refractivity contribution in [1.82, 2.24) is 0 Å². The Morgan fingerprint density at radius 2 is 2.00 bits per heavy atom. The number of rotatable bonds is 3. The molecule has 0 rings (SSSR count). The molecule has 0 heterocycles. The molecule has 0 radical (unpaired) electrons. The molecule has 0 N–H and O–H groups in total. The average Bonchev–Trinajstić information content (AvgIpc) is 1.82. The fourth-order valence-corrected chi connectivity index (χ4v) is 0.506. The molecule has 0 saturated heterocycles. The molecule has 0 fully saturated rings. The highest BCUT2D eigenvalue weighted by Crippen LogP contribution is 2.12. The summed E-state index contributed by atoms with van der Waals surface area (Å²) in [7, 11) is 0. The van der Waals surface area contributed by atoms with Crippen molar-refractivity contribution >= 4 is 5.94 Å². The topological polar surface area (TPSA) is 17.1 Å². The third kappa shape index (κ3) is 3.99. The molecule has 52 valence electrons.